The van der Waals surface area contributed by atoms with E-state index >= 15 is 0 Å². The molecule has 1 aliphatic heterocycles. The summed E-state index contributed by atoms with van der Waals surface area (Å²) in [6.45, 7) is 2.99. The van der Waals surface area contributed by atoms with Crippen LogP contribution in [0.5, 0.6) is 0 Å². The molecular weight excluding hydrogens is 262 g/mol. The Balaban J connectivity index is 1.57. The van der Waals surface area contributed by atoms with Crippen LogP contribution in [0.1, 0.15) is 50.2 Å². The molecule has 0 saturated heterocycles. The molecule has 3 heteroatoms. The monoisotopic (exact) mass is 287 g/mol. The molecule has 3 nitrogen and oxygen atoms in total. The maximum Gasteiger partial charge on any atom is 0.323 e. The van der Waals surface area contributed by atoms with Crippen LogP contribution in [0.25, 0.3) is 0 Å². The number of hydrogen-bond donors (Lipinski definition) is 1. The molecule has 2 unspecified atom stereocenters. The van der Waals surface area contributed by atoms with Crippen LogP contribution >= 0.6 is 0 Å². The molecule has 1 aromatic rings. The molecule has 1 fully saturated rings. The SMILES string of the molecule is CCC1CCCC(OC(=O)[C@@H]2Cc3ccccc3CN2)C1. The van der Waals surface area contributed by atoms with Crippen LogP contribution in [0, 0.1) is 5.92 Å². The van der Waals surface area contributed by atoms with Gasteiger partial charge in [-0.25, -0.2) is 0 Å². The molecule has 1 saturated carbocycles. The minimum absolute atomic E-state index is 0.0637. The van der Waals surface area contributed by atoms with Gasteiger partial charge in [0.1, 0.15) is 12.1 Å². The van der Waals surface area contributed by atoms with E-state index < -0.39 is 0 Å². The number of benzene rings is 1. The lowest BCUT2D eigenvalue weighted by molar-refractivity contribution is -0.154. The quantitative estimate of drug-likeness (QED) is 0.868. The highest BCUT2D eigenvalue weighted by Crippen LogP contribution is 2.29. The van der Waals surface area contributed by atoms with Crippen molar-refractivity contribution < 1.29 is 9.53 Å². The summed E-state index contributed by atoms with van der Waals surface area (Å²) in [5.41, 5.74) is 2.57. The third kappa shape index (κ3) is 3.46. The summed E-state index contributed by atoms with van der Waals surface area (Å²) >= 11 is 0. The van der Waals surface area contributed by atoms with Crippen molar-refractivity contribution in [3.63, 3.8) is 0 Å². The van der Waals surface area contributed by atoms with Crippen LogP contribution in [0.4, 0.5) is 0 Å². The summed E-state index contributed by atoms with van der Waals surface area (Å²) in [6, 6.07) is 8.15. The first-order chi connectivity index (χ1) is 10.3. The van der Waals surface area contributed by atoms with Crippen LogP contribution < -0.4 is 5.32 Å². The fourth-order valence-corrected chi connectivity index (χ4v) is 3.59. The fourth-order valence-electron chi connectivity index (χ4n) is 3.59. The van der Waals surface area contributed by atoms with Crippen LogP contribution in [0.2, 0.25) is 0 Å². The molecule has 0 spiro atoms. The van der Waals surface area contributed by atoms with Crippen LogP contribution in [-0.4, -0.2) is 18.1 Å². The third-order valence-corrected chi connectivity index (χ3v) is 4.96. The molecule has 3 atom stereocenters. The van der Waals surface area contributed by atoms with E-state index in [9.17, 15) is 4.79 Å². The Labute approximate surface area is 127 Å². The first kappa shape index (κ1) is 14.6. The zero-order chi connectivity index (χ0) is 14.7. The Morgan fingerprint density at radius 1 is 1.29 bits per heavy atom. The van der Waals surface area contributed by atoms with Gasteiger partial charge in [0.05, 0.1) is 0 Å². The molecule has 1 aromatic carbocycles. The molecule has 0 bridgehead atoms. The van der Waals surface area contributed by atoms with Crippen LogP contribution in [0.15, 0.2) is 24.3 Å². The van der Waals surface area contributed by atoms with E-state index in [4.69, 9.17) is 4.74 Å². The van der Waals surface area contributed by atoms with Gasteiger partial charge in [-0.1, -0.05) is 44.0 Å². The molecule has 21 heavy (non-hydrogen) atoms. The topological polar surface area (TPSA) is 38.3 Å². The Morgan fingerprint density at radius 2 is 2.10 bits per heavy atom. The summed E-state index contributed by atoms with van der Waals surface area (Å²) in [6.07, 6.45) is 6.64. The maximum atomic E-state index is 12.4. The summed E-state index contributed by atoms with van der Waals surface area (Å²) in [5, 5.41) is 3.32. The van der Waals surface area contributed by atoms with Crippen molar-refractivity contribution >= 4 is 5.97 Å². The number of hydrogen-bond acceptors (Lipinski definition) is 3. The predicted octanol–water partition coefficient (Wildman–Crippen LogP) is 3.21. The van der Waals surface area contributed by atoms with E-state index in [0.29, 0.717) is 0 Å². The van der Waals surface area contributed by atoms with E-state index in [-0.39, 0.29) is 18.1 Å². The minimum atomic E-state index is -0.179. The lowest BCUT2D eigenvalue weighted by Crippen LogP contribution is -2.44. The van der Waals surface area contributed by atoms with Gasteiger partial charge < -0.3 is 10.1 Å². The van der Waals surface area contributed by atoms with Gasteiger partial charge in [-0.3, -0.25) is 4.79 Å². The third-order valence-electron chi connectivity index (χ3n) is 4.96. The zero-order valence-corrected chi connectivity index (χ0v) is 12.8. The highest BCUT2D eigenvalue weighted by molar-refractivity contribution is 5.77. The van der Waals surface area contributed by atoms with E-state index in [2.05, 4.69) is 24.4 Å². The second kappa shape index (κ2) is 6.61. The largest absolute Gasteiger partial charge is 0.461 e. The number of carbonyl (C=O) groups excluding carboxylic acids is 1. The fraction of sp³-hybridized carbons (Fsp3) is 0.611. The molecular formula is C18H25NO2. The van der Waals surface area contributed by atoms with Crippen LogP contribution in [-0.2, 0) is 22.5 Å². The minimum Gasteiger partial charge on any atom is -0.461 e. The van der Waals surface area contributed by atoms with Crippen molar-refractivity contribution in [1.29, 1.82) is 0 Å². The van der Waals surface area contributed by atoms with E-state index in [1.165, 1.54) is 30.4 Å². The second-order valence-electron chi connectivity index (χ2n) is 6.41. The molecule has 114 valence electrons. The van der Waals surface area contributed by atoms with Gasteiger partial charge in [-0.15, -0.1) is 0 Å². The Hall–Kier alpha value is -1.35. The highest BCUT2D eigenvalue weighted by Gasteiger charge is 2.29. The Kier molecular flexibility index (Phi) is 4.59. The van der Waals surface area contributed by atoms with E-state index in [0.717, 1.165) is 31.7 Å². The first-order valence-corrected chi connectivity index (χ1v) is 8.27. The summed E-state index contributed by atoms with van der Waals surface area (Å²) in [4.78, 5) is 12.4. The number of ether oxygens (including phenoxy) is 1. The number of carbonyl (C=O) groups is 1. The Bertz CT molecular complexity index is 500. The summed E-state index contributed by atoms with van der Waals surface area (Å²) in [7, 11) is 0. The standard InChI is InChI=1S/C18H25NO2/c1-2-13-6-5-9-16(10-13)21-18(20)17-11-14-7-3-4-8-15(14)12-19-17/h3-4,7-8,13,16-17,19H,2,5-6,9-12H2,1H3/t13?,16?,17-/m0/s1. The molecule has 3 rings (SSSR count). The van der Waals surface area contributed by atoms with Crippen molar-refractivity contribution in [1.82, 2.24) is 5.32 Å². The van der Waals surface area contributed by atoms with Gasteiger partial charge in [-0.05, 0) is 42.7 Å². The van der Waals surface area contributed by atoms with Gasteiger partial charge in [0.15, 0.2) is 0 Å². The summed E-state index contributed by atoms with van der Waals surface area (Å²) < 4.78 is 5.78. The highest BCUT2D eigenvalue weighted by atomic mass is 16.5. The number of nitrogens with one attached hydrogen (secondary N) is 1. The van der Waals surface area contributed by atoms with Gasteiger partial charge in [-0.2, -0.15) is 0 Å². The molecule has 1 heterocycles. The second-order valence-corrected chi connectivity index (χ2v) is 6.41. The normalized spacial score (nSPS) is 28.7. The molecule has 0 radical (unpaired) electrons. The van der Waals surface area contributed by atoms with Crippen molar-refractivity contribution in [2.75, 3.05) is 0 Å². The van der Waals surface area contributed by atoms with Crippen molar-refractivity contribution in [2.24, 2.45) is 5.92 Å². The van der Waals surface area contributed by atoms with E-state index in [1.807, 2.05) is 12.1 Å². The molecule has 2 aliphatic rings. The van der Waals surface area contributed by atoms with Gasteiger partial charge in [0, 0.05) is 6.54 Å². The molecule has 0 amide bonds. The van der Waals surface area contributed by atoms with Crippen molar-refractivity contribution in [2.45, 2.75) is 64.1 Å². The predicted molar refractivity (Wildman–Crippen MR) is 82.9 cm³/mol. The first-order valence-electron chi connectivity index (χ1n) is 8.27. The van der Waals surface area contributed by atoms with Gasteiger partial charge >= 0.3 is 5.97 Å². The van der Waals surface area contributed by atoms with Gasteiger partial charge in [0.2, 0.25) is 0 Å². The van der Waals surface area contributed by atoms with Crippen LogP contribution in [0.3, 0.4) is 0 Å². The summed E-state index contributed by atoms with van der Waals surface area (Å²) in [5.74, 6) is 0.669. The molecule has 1 aliphatic carbocycles. The smallest absolute Gasteiger partial charge is 0.323 e. The number of esters is 1. The number of fused-ring (bicyclic) bond motifs is 1. The van der Waals surface area contributed by atoms with Gasteiger partial charge in [0.25, 0.3) is 0 Å². The lowest BCUT2D eigenvalue weighted by Gasteiger charge is -2.31. The number of rotatable bonds is 3. The molecule has 1 N–H and O–H groups in total. The zero-order valence-electron chi connectivity index (χ0n) is 12.8. The molecule has 0 aromatic heterocycles. The van der Waals surface area contributed by atoms with Crippen molar-refractivity contribution in [3.8, 4) is 0 Å². The van der Waals surface area contributed by atoms with Crippen molar-refractivity contribution in [3.05, 3.63) is 35.4 Å². The Morgan fingerprint density at radius 3 is 2.90 bits per heavy atom. The van der Waals surface area contributed by atoms with E-state index in [1.54, 1.807) is 0 Å². The average Bonchev–Trinajstić information content (AvgIpc) is 2.54. The maximum absolute atomic E-state index is 12.4. The average molecular weight is 287 g/mol. The lowest BCUT2D eigenvalue weighted by atomic mass is 9.85.